The van der Waals surface area contributed by atoms with E-state index in [0.29, 0.717) is 57.2 Å². The number of rotatable bonds is 8. The third-order valence-electron chi connectivity index (χ3n) is 6.00. The summed E-state index contributed by atoms with van der Waals surface area (Å²) in [4.78, 5) is 28.8. The molecule has 7 heteroatoms. The molecule has 0 spiro atoms. The largest absolute Gasteiger partial charge is 0.421 e. The summed E-state index contributed by atoms with van der Waals surface area (Å²) in [6, 6.07) is 18.1. The van der Waals surface area contributed by atoms with Crippen molar-refractivity contribution in [1.29, 1.82) is 0 Å². The molecule has 0 atom stereocenters. The van der Waals surface area contributed by atoms with Crippen molar-refractivity contribution in [2.45, 2.75) is 39.0 Å². The Morgan fingerprint density at radius 1 is 0.818 bits per heavy atom. The lowest BCUT2D eigenvalue weighted by Gasteiger charge is -2.35. The highest BCUT2D eigenvalue weighted by Crippen LogP contribution is 2.19. The van der Waals surface area contributed by atoms with Gasteiger partial charge < -0.3 is 14.2 Å². The molecule has 2 aromatic carbocycles. The van der Waals surface area contributed by atoms with Crippen LogP contribution < -0.4 is 0 Å². The van der Waals surface area contributed by atoms with Gasteiger partial charge in [0.15, 0.2) is 0 Å². The number of piperazine rings is 1. The van der Waals surface area contributed by atoms with E-state index in [1.165, 1.54) is 5.56 Å². The van der Waals surface area contributed by atoms with Crippen molar-refractivity contribution < 1.29 is 14.0 Å². The zero-order chi connectivity index (χ0) is 23.0. The van der Waals surface area contributed by atoms with Gasteiger partial charge in [-0.25, -0.2) is 0 Å². The van der Waals surface area contributed by atoms with Gasteiger partial charge in [-0.1, -0.05) is 48.0 Å². The van der Waals surface area contributed by atoms with Crippen molar-refractivity contribution in [3.63, 3.8) is 0 Å². The second-order valence-electron chi connectivity index (χ2n) is 8.47. The van der Waals surface area contributed by atoms with Crippen LogP contribution in [0.15, 0.2) is 59.0 Å². The average Bonchev–Trinajstić information content (AvgIpc) is 3.33. The molecule has 1 saturated heterocycles. The molecular formula is C26H30N4O3. The summed E-state index contributed by atoms with van der Waals surface area (Å²) in [6.07, 6.45) is 3.03. The molecule has 0 N–H and O–H groups in total. The first-order valence-corrected chi connectivity index (χ1v) is 11.6. The molecule has 33 heavy (non-hydrogen) atoms. The fourth-order valence-electron chi connectivity index (χ4n) is 3.99. The molecule has 1 aliphatic rings. The highest BCUT2D eigenvalue weighted by molar-refractivity contribution is 5.78. The van der Waals surface area contributed by atoms with Crippen LogP contribution in [0.3, 0.4) is 0 Å². The van der Waals surface area contributed by atoms with Gasteiger partial charge in [0.1, 0.15) is 0 Å². The molecule has 0 bridgehead atoms. The van der Waals surface area contributed by atoms with Crippen LogP contribution in [-0.2, 0) is 22.4 Å². The fourth-order valence-corrected chi connectivity index (χ4v) is 3.99. The second-order valence-corrected chi connectivity index (χ2v) is 8.47. The molecular weight excluding hydrogens is 416 g/mol. The number of nitrogens with zero attached hydrogens (tertiary/aromatic N) is 4. The number of amides is 2. The van der Waals surface area contributed by atoms with Crippen LogP contribution in [0.2, 0.25) is 0 Å². The number of aromatic nitrogens is 2. The van der Waals surface area contributed by atoms with Gasteiger partial charge in [-0.05, 0) is 37.5 Å². The summed E-state index contributed by atoms with van der Waals surface area (Å²) in [7, 11) is 0. The molecule has 1 fully saturated rings. The van der Waals surface area contributed by atoms with E-state index in [1.54, 1.807) is 0 Å². The van der Waals surface area contributed by atoms with E-state index in [-0.39, 0.29) is 11.8 Å². The first kappa shape index (κ1) is 22.7. The van der Waals surface area contributed by atoms with Gasteiger partial charge in [-0.2, -0.15) is 0 Å². The number of benzene rings is 2. The van der Waals surface area contributed by atoms with Crippen molar-refractivity contribution in [3.8, 4) is 11.5 Å². The van der Waals surface area contributed by atoms with Crippen molar-refractivity contribution in [1.82, 2.24) is 20.0 Å². The highest BCUT2D eigenvalue weighted by atomic mass is 16.4. The Morgan fingerprint density at radius 2 is 1.45 bits per heavy atom. The minimum Gasteiger partial charge on any atom is -0.421 e. The Balaban J connectivity index is 1.17. The maximum Gasteiger partial charge on any atom is 0.247 e. The molecule has 0 radical (unpaired) electrons. The van der Waals surface area contributed by atoms with Crippen LogP contribution in [0.1, 0.15) is 36.3 Å². The summed E-state index contributed by atoms with van der Waals surface area (Å²) in [5.41, 5.74) is 3.29. The maximum absolute atomic E-state index is 12.6. The lowest BCUT2D eigenvalue weighted by atomic mass is 10.1. The summed E-state index contributed by atoms with van der Waals surface area (Å²) >= 11 is 0. The number of hydrogen-bond acceptors (Lipinski definition) is 5. The van der Waals surface area contributed by atoms with E-state index in [4.69, 9.17) is 4.42 Å². The van der Waals surface area contributed by atoms with Crippen LogP contribution in [0.5, 0.6) is 0 Å². The Labute approximate surface area is 194 Å². The lowest BCUT2D eigenvalue weighted by molar-refractivity contribution is -0.139. The zero-order valence-electron chi connectivity index (χ0n) is 19.1. The summed E-state index contributed by atoms with van der Waals surface area (Å²) < 4.78 is 5.72. The molecule has 172 valence electrons. The highest BCUT2D eigenvalue weighted by Gasteiger charge is 2.24. The Morgan fingerprint density at radius 3 is 2.12 bits per heavy atom. The van der Waals surface area contributed by atoms with Crippen molar-refractivity contribution >= 4 is 11.8 Å². The van der Waals surface area contributed by atoms with E-state index in [0.717, 1.165) is 24.0 Å². The van der Waals surface area contributed by atoms with E-state index in [2.05, 4.69) is 22.3 Å². The van der Waals surface area contributed by atoms with E-state index in [1.807, 2.05) is 59.2 Å². The predicted octanol–water partition coefficient (Wildman–Crippen LogP) is 3.67. The third kappa shape index (κ3) is 6.28. The van der Waals surface area contributed by atoms with E-state index < -0.39 is 0 Å². The van der Waals surface area contributed by atoms with Gasteiger partial charge in [0, 0.05) is 51.0 Å². The molecule has 3 aromatic rings. The van der Waals surface area contributed by atoms with Gasteiger partial charge in [0.05, 0.1) is 0 Å². The zero-order valence-corrected chi connectivity index (χ0v) is 19.1. The topological polar surface area (TPSA) is 79.5 Å². The van der Waals surface area contributed by atoms with Crippen LogP contribution in [0.25, 0.3) is 11.5 Å². The fraction of sp³-hybridized carbons (Fsp3) is 0.385. The Kier molecular flexibility index (Phi) is 7.50. The van der Waals surface area contributed by atoms with Crippen LogP contribution in [0, 0.1) is 6.92 Å². The van der Waals surface area contributed by atoms with Gasteiger partial charge in [-0.3, -0.25) is 9.59 Å². The number of hydrogen-bond donors (Lipinski definition) is 0. The molecule has 7 nitrogen and oxygen atoms in total. The molecule has 2 heterocycles. The van der Waals surface area contributed by atoms with Crippen LogP contribution >= 0.6 is 0 Å². The van der Waals surface area contributed by atoms with Gasteiger partial charge in [0.25, 0.3) is 0 Å². The first-order valence-electron chi connectivity index (χ1n) is 11.6. The lowest BCUT2D eigenvalue weighted by Crippen LogP contribution is -2.50. The monoisotopic (exact) mass is 446 g/mol. The minimum absolute atomic E-state index is 0.0567. The quantitative estimate of drug-likeness (QED) is 0.527. The maximum atomic E-state index is 12.6. The van der Waals surface area contributed by atoms with Crippen molar-refractivity contribution in [2.24, 2.45) is 0 Å². The first-order chi connectivity index (χ1) is 16.1. The van der Waals surface area contributed by atoms with Gasteiger partial charge in [-0.15, -0.1) is 10.2 Å². The normalized spacial score (nSPS) is 13.8. The van der Waals surface area contributed by atoms with Gasteiger partial charge >= 0.3 is 0 Å². The second kappa shape index (κ2) is 10.9. The molecule has 2 amide bonds. The minimum atomic E-state index is 0.0567. The Hall–Kier alpha value is -3.48. The molecule has 0 saturated carbocycles. The van der Waals surface area contributed by atoms with Crippen LogP contribution in [-0.4, -0.2) is 58.0 Å². The molecule has 4 rings (SSSR count). The summed E-state index contributed by atoms with van der Waals surface area (Å²) in [5.74, 6) is 1.16. The number of aryl methyl sites for hydroxylation is 3. The molecule has 1 aromatic heterocycles. The smallest absolute Gasteiger partial charge is 0.247 e. The summed E-state index contributed by atoms with van der Waals surface area (Å²) in [6.45, 7) is 4.35. The Bertz CT molecular complexity index is 1050. The third-order valence-corrected chi connectivity index (χ3v) is 6.00. The van der Waals surface area contributed by atoms with Gasteiger partial charge in [0.2, 0.25) is 23.6 Å². The van der Waals surface area contributed by atoms with Crippen molar-refractivity contribution in [2.75, 3.05) is 26.2 Å². The van der Waals surface area contributed by atoms with E-state index >= 15 is 0 Å². The van der Waals surface area contributed by atoms with Crippen molar-refractivity contribution in [3.05, 3.63) is 71.6 Å². The molecule has 0 unspecified atom stereocenters. The summed E-state index contributed by atoms with van der Waals surface area (Å²) in [5, 5.41) is 8.17. The number of carbonyl (C=O) groups excluding carboxylic acids is 2. The van der Waals surface area contributed by atoms with Crippen LogP contribution in [0.4, 0.5) is 0 Å². The standard InChI is InChI=1S/C26H30N4O3/c1-20-10-12-22(13-11-20)26-28-27-23(33-26)14-15-25(32)30-18-16-29(17-19-30)24(31)9-5-8-21-6-3-2-4-7-21/h2-4,6-7,10-13H,5,8-9,14-19H2,1H3. The SMILES string of the molecule is Cc1ccc(-c2nnc(CCC(=O)N3CCN(C(=O)CCCc4ccccc4)CC3)o2)cc1. The molecule has 0 aliphatic carbocycles. The molecule has 1 aliphatic heterocycles. The number of carbonyl (C=O) groups is 2. The van der Waals surface area contributed by atoms with E-state index in [9.17, 15) is 9.59 Å². The predicted molar refractivity (Wildman–Crippen MR) is 125 cm³/mol. The average molecular weight is 447 g/mol.